The molecule has 6 nitrogen and oxygen atoms in total. The van der Waals surface area contributed by atoms with Crippen LogP contribution in [-0.2, 0) is 20.7 Å². The van der Waals surface area contributed by atoms with Gasteiger partial charge in [-0.15, -0.1) is 0 Å². The fraction of sp³-hybridized carbons (Fsp3) is 0.458. The average Bonchev–Trinajstić information content (AvgIpc) is 3.59. The Balaban J connectivity index is 1.60. The van der Waals surface area contributed by atoms with Crippen LogP contribution in [0.15, 0.2) is 48.8 Å². The number of rotatable bonds is 7. The highest BCUT2D eigenvalue weighted by Crippen LogP contribution is 2.29. The van der Waals surface area contributed by atoms with E-state index in [2.05, 4.69) is 16.4 Å². The zero-order valence-corrected chi connectivity index (χ0v) is 17.5. The van der Waals surface area contributed by atoms with Crippen LogP contribution < -0.4 is 5.32 Å². The summed E-state index contributed by atoms with van der Waals surface area (Å²) in [7, 11) is 0. The lowest BCUT2D eigenvalue weighted by Gasteiger charge is -2.42. The maximum Gasteiger partial charge on any atom is 0.254 e. The molecule has 1 aliphatic carbocycles. The molecule has 1 atom stereocenters. The van der Waals surface area contributed by atoms with E-state index in [1.54, 1.807) is 11.1 Å². The Morgan fingerprint density at radius 3 is 2.80 bits per heavy atom. The minimum absolute atomic E-state index is 0.0912. The molecule has 1 aromatic heterocycles. The van der Waals surface area contributed by atoms with Gasteiger partial charge in [0.1, 0.15) is 0 Å². The van der Waals surface area contributed by atoms with Crippen molar-refractivity contribution >= 4 is 11.8 Å². The van der Waals surface area contributed by atoms with Gasteiger partial charge in [-0.05, 0) is 42.0 Å². The van der Waals surface area contributed by atoms with Crippen LogP contribution in [0.5, 0.6) is 0 Å². The van der Waals surface area contributed by atoms with Crippen molar-refractivity contribution in [1.82, 2.24) is 15.2 Å². The lowest BCUT2D eigenvalue weighted by atomic mass is 9.89. The Kier molecular flexibility index (Phi) is 6.13. The number of ether oxygens (including phenoxy) is 1. The molecule has 1 N–H and O–H groups in total. The Hall–Kier alpha value is -2.73. The molecule has 2 aromatic rings. The monoisotopic (exact) mass is 407 g/mol. The quantitative estimate of drug-likeness (QED) is 0.766. The van der Waals surface area contributed by atoms with Gasteiger partial charge in [-0.25, -0.2) is 0 Å². The molecule has 2 heterocycles. The Labute approximate surface area is 177 Å². The van der Waals surface area contributed by atoms with E-state index >= 15 is 0 Å². The van der Waals surface area contributed by atoms with Crippen LogP contribution in [0.4, 0.5) is 0 Å². The predicted octanol–water partition coefficient (Wildman–Crippen LogP) is 2.97. The predicted molar refractivity (Wildman–Crippen MR) is 115 cm³/mol. The topological polar surface area (TPSA) is 71.5 Å². The molecule has 1 saturated carbocycles. The summed E-state index contributed by atoms with van der Waals surface area (Å²) in [5.41, 5.74) is 2.03. The smallest absolute Gasteiger partial charge is 0.254 e. The molecular formula is C24H29N3O3. The first-order chi connectivity index (χ1) is 14.6. The molecule has 0 unspecified atom stereocenters. The number of pyridine rings is 1. The molecule has 30 heavy (non-hydrogen) atoms. The van der Waals surface area contributed by atoms with E-state index in [1.807, 2.05) is 43.5 Å². The zero-order valence-electron chi connectivity index (χ0n) is 17.5. The molecule has 0 radical (unpaired) electrons. The van der Waals surface area contributed by atoms with Crippen molar-refractivity contribution in [1.29, 1.82) is 0 Å². The van der Waals surface area contributed by atoms with E-state index in [-0.39, 0.29) is 17.9 Å². The number of carbonyl (C=O) groups is 2. The van der Waals surface area contributed by atoms with E-state index in [4.69, 9.17) is 4.74 Å². The van der Waals surface area contributed by atoms with Crippen molar-refractivity contribution in [2.75, 3.05) is 19.7 Å². The Morgan fingerprint density at radius 2 is 2.07 bits per heavy atom. The van der Waals surface area contributed by atoms with Crippen LogP contribution in [0.2, 0.25) is 0 Å². The second kappa shape index (κ2) is 8.96. The highest BCUT2D eigenvalue weighted by atomic mass is 16.5. The number of aromatic nitrogens is 1. The Bertz CT molecular complexity index is 898. The fourth-order valence-corrected chi connectivity index (χ4v) is 3.96. The molecule has 0 bridgehead atoms. The third-order valence-corrected chi connectivity index (χ3v) is 5.74. The number of morpholine rings is 1. The number of benzene rings is 1. The summed E-state index contributed by atoms with van der Waals surface area (Å²) < 4.78 is 6.15. The van der Waals surface area contributed by atoms with Crippen molar-refractivity contribution in [3.8, 4) is 11.1 Å². The van der Waals surface area contributed by atoms with Crippen LogP contribution in [0.3, 0.4) is 0 Å². The van der Waals surface area contributed by atoms with Gasteiger partial charge >= 0.3 is 0 Å². The molecule has 2 aliphatic rings. The van der Waals surface area contributed by atoms with Gasteiger partial charge in [0, 0.05) is 37.8 Å². The number of carbonyl (C=O) groups excluding carboxylic acids is 2. The van der Waals surface area contributed by atoms with Crippen LogP contribution in [0.1, 0.15) is 38.2 Å². The average molecular weight is 408 g/mol. The summed E-state index contributed by atoms with van der Waals surface area (Å²) in [6, 6.07) is 12.3. The van der Waals surface area contributed by atoms with Gasteiger partial charge in [-0.1, -0.05) is 37.3 Å². The third-order valence-electron chi connectivity index (χ3n) is 5.74. The molecule has 158 valence electrons. The number of hydrogen-bond acceptors (Lipinski definition) is 4. The summed E-state index contributed by atoms with van der Waals surface area (Å²) in [4.78, 5) is 31.8. The molecule has 1 aliphatic heterocycles. The third kappa shape index (κ3) is 4.70. The van der Waals surface area contributed by atoms with Gasteiger partial charge in [0.05, 0.1) is 13.2 Å². The second-order valence-electron chi connectivity index (χ2n) is 8.27. The molecular weight excluding hydrogens is 378 g/mol. The molecule has 0 spiro atoms. The van der Waals surface area contributed by atoms with Crippen molar-refractivity contribution in [3.63, 3.8) is 0 Å². The van der Waals surface area contributed by atoms with Gasteiger partial charge in [-0.3, -0.25) is 14.6 Å². The first-order valence-corrected chi connectivity index (χ1v) is 10.8. The van der Waals surface area contributed by atoms with Crippen molar-refractivity contribution < 1.29 is 14.3 Å². The van der Waals surface area contributed by atoms with Crippen LogP contribution in [0, 0.1) is 0 Å². The van der Waals surface area contributed by atoms with Gasteiger partial charge in [0.25, 0.3) is 5.91 Å². The summed E-state index contributed by atoms with van der Waals surface area (Å²) in [5.74, 6) is -0.0145. The fourth-order valence-electron chi connectivity index (χ4n) is 3.96. The normalized spacial score (nSPS) is 21.3. The summed E-state index contributed by atoms with van der Waals surface area (Å²) >= 11 is 0. The second-order valence-corrected chi connectivity index (χ2v) is 8.27. The van der Waals surface area contributed by atoms with Crippen LogP contribution in [-0.4, -0.2) is 53.0 Å². The van der Waals surface area contributed by atoms with Crippen molar-refractivity contribution in [2.45, 2.75) is 50.7 Å². The van der Waals surface area contributed by atoms with E-state index in [0.717, 1.165) is 36.0 Å². The maximum atomic E-state index is 13.3. The standard InChI is InChI=1S/C24H29N3O3/c1-2-5-22(28)27-12-13-30-24(17-27,23(29)26-21-9-10-21)15-18-6-3-7-19(14-18)20-8-4-11-25-16-20/h3-4,6-8,11,14,16,21H,2,5,9-10,12-13,15,17H2,1H3,(H,26,29)/t24-/m1/s1. The molecule has 2 fully saturated rings. The summed E-state index contributed by atoms with van der Waals surface area (Å²) in [5, 5.41) is 3.11. The minimum atomic E-state index is -1.06. The maximum absolute atomic E-state index is 13.3. The molecule has 1 saturated heterocycles. The number of nitrogens with one attached hydrogen (secondary N) is 1. The number of nitrogens with zero attached hydrogens (tertiary/aromatic N) is 2. The molecule has 2 amide bonds. The SMILES string of the molecule is CCCC(=O)N1CCO[C@@](Cc2cccc(-c3cccnc3)c2)(C(=O)NC2CC2)C1. The summed E-state index contributed by atoms with van der Waals surface area (Å²) in [6.45, 7) is 3.19. The molecule has 4 rings (SSSR count). The highest BCUT2D eigenvalue weighted by Gasteiger charge is 2.46. The van der Waals surface area contributed by atoms with E-state index in [1.165, 1.54) is 0 Å². The Morgan fingerprint density at radius 1 is 1.23 bits per heavy atom. The highest BCUT2D eigenvalue weighted by molar-refractivity contribution is 5.88. The van der Waals surface area contributed by atoms with Crippen LogP contribution >= 0.6 is 0 Å². The van der Waals surface area contributed by atoms with Crippen LogP contribution in [0.25, 0.3) is 11.1 Å². The minimum Gasteiger partial charge on any atom is -0.361 e. The molecule has 1 aromatic carbocycles. The van der Waals surface area contributed by atoms with Gasteiger partial charge in [0.15, 0.2) is 5.60 Å². The number of amides is 2. The first kappa shape index (κ1) is 20.5. The number of hydrogen-bond donors (Lipinski definition) is 1. The molecule has 6 heteroatoms. The van der Waals surface area contributed by atoms with E-state index < -0.39 is 5.60 Å². The lowest BCUT2D eigenvalue weighted by molar-refractivity contribution is -0.166. The summed E-state index contributed by atoms with van der Waals surface area (Å²) in [6.07, 6.45) is 7.32. The zero-order chi connectivity index (χ0) is 21.0. The van der Waals surface area contributed by atoms with Gasteiger partial charge in [0.2, 0.25) is 5.91 Å². The van der Waals surface area contributed by atoms with Crippen molar-refractivity contribution in [2.24, 2.45) is 0 Å². The van der Waals surface area contributed by atoms with Gasteiger partial charge < -0.3 is 15.0 Å². The van der Waals surface area contributed by atoms with Crippen molar-refractivity contribution in [3.05, 3.63) is 54.4 Å². The van der Waals surface area contributed by atoms with E-state index in [0.29, 0.717) is 32.5 Å². The van der Waals surface area contributed by atoms with Gasteiger partial charge in [-0.2, -0.15) is 0 Å². The first-order valence-electron chi connectivity index (χ1n) is 10.8. The van der Waals surface area contributed by atoms with E-state index in [9.17, 15) is 9.59 Å². The largest absolute Gasteiger partial charge is 0.361 e. The lowest BCUT2D eigenvalue weighted by Crippen LogP contribution is -2.62.